The van der Waals surface area contributed by atoms with Crippen LogP contribution >= 0.6 is 0 Å². The quantitative estimate of drug-likeness (QED) is 0.408. The molecule has 0 aliphatic carbocycles. The molecule has 6 nitrogen and oxygen atoms in total. The first-order chi connectivity index (χ1) is 9.54. The summed E-state index contributed by atoms with van der Waals surface area (Å²) in [5.74, 6) is 7.02. The van der Waals surface area contributed by atoms with Crippen LogP contribution in [0.5, 0.6) is 0 Å². The summed E-state index contributed by atoms with van der Waals surface area (Å²) in [6.07, 6.45) is 5.17. The number of hydrogen-bond acceptors (Lipinski definition) is 6. The van der Waals surface area contributed by atoms with Gasteiger partial charge < -0.3 is 15.8 Å². The Labute approximate surface area is 121 Å². The Kier molecular flexibility index (Phi) is 6.67. The first kappa shape index (κ1) is 16.7. The summed E-state index contributed by atoms with van der Waals surface area (Å²) in [6, 6.07) is 0. The van der Waals surface area contributed by atoms with E-state index in [2.05, 4.69) is 41.5 Å². The van der Waals surface area contributed by atoms with Gasteiger partial charge in [-0.25, -0.2) is 15.8 Å². The van der Waals surface area contributed by atoms with Gasteiger partial charge in [-0.2, -0.15) is 0 Å². The second-order valence-electron chi connectivity index (χ2n) is 5.79. The Hall–Kier alpha value is -1.40. The fourth-order valence-corrected chi connectivity index (χ4v) is 2.14. The third kappa shape index (κ3) is 4.94. The summed E-state index contributed by atoms with van der Waals surface area (Å²) >= 11 is 0. The number of hydrazine groups is 1. The normalized spacial score (nSPS) is 11.4. The van der Waals surface area contributed by atoms with E-state index in [1.54, 1.807) is 0 Å². The van der Waals surface area contributed by atoms with E-state index in [9.17, 15) is 0 Å². The van der Waals surface area contributed by atoms with Crippen LogP contribution in [0.25, 0.3) is 0 Å². The number of aromatic nitrogens is 2. The molecule has 0 saturated heterocycles. The predicted octanol–water partition coefficient (Wildman–Crippen LogP) is 1.93. The highest BCUT2D eigenvalue weighted by molar-refractivity contribution is 5.56. The molecule has 1 heterocycles. The van der Waals surface area contributed by atoms with E-state index in [0.29, 0.717) is 5.82 Å². The van der Waals surface area contributed by atoms with Crippen LogP contribution in [0.4, 0.5) is 11.6 Å². The zero-order chi connectivity index (χ0) is 15.0. The largest absolute Gasteiger partial charge is 0.396 e. The Morgan fingerprint density at radius 3 is 2.60 bits per heavy atom. The van der Waals surface area contributed by atoms with Gasteiger partial charge in [0.15, 0.2) is 0 Å². The van der Waals surface area contributed by atoms with Crippen molar-refractivity contribution in [2.45, 2.75) is 46.5 Å². The van der Waals surface area contributed by atoms with Gasteiger partial charge in [-0.15, -0.1) is 0 Å². The number of nitrogens with one attached hydrogen (secondary N) is 2. The second kappa shape index (κ2) is 8.01. The second-order valence-corrected chi connectivity index (χ2v) is 5.79. The van der Waals surface area contributed by atoms with Crippen LogP contribution < -0.4 is 16.6 Å². The van der Waals surface area contributed by atoms with Crippen molar-refractivity contribution < 1.29 is 5.11 Å². The molecule has 0 saturated carbocycles. The maximum Gasteiger partial charge on any atom is 0.148 e. The van der Waals surface area contributed by atoms with Crippen molar-refractivity contribution in [3.63, 3.8) is 0 Å². The molecule has 1 aromatic heterocycles. The fourth-order valence-electron chi connectivity index (χ4n) is 2.14. The maximum absolute atomic E-state index is 8.93. The van der Waals surface area contributed by atoms with Crippen LogP contribution in [-0.4, -0.2) is 28.2 Å². The van der Waals surface area contributed by atoms with Gasteiger partial charge in [0.25, 0.3) is 0 Å². The zero-order valence-corrected chi connectivity index (χ0v) is 12.7. The van der Waals surface area contributed by atoms with Crippen LogP contribution in [0.3, 0.4) is 0 Å². The highest BCUT2D eigenvalue weighted by Gasteiger charge is 2.18. The number of nitrogen functional groups attached to an aromatic ring is 1. The summed E-state index contributed by atoms with van der Waals surface area (Å²) in [4.78, 5) is 8.47. The van der Waals surface area contributed by atoms with E-state index in [1.807, 2.05) is 0 Å². The lowest BCUT2D eigenvalue weighted by molar-refractivity contribution is 0.248. The minimum atomic E-state index is 0.105. The molecule has 0 bridgehead atoms. The average molecular weight is 281 g/mol. The van der Waals surface area contributed by atoms with Crippen LogP contribution in [0.2, 0.25) is 0 Å². The third-order valence-electron chi connectivity index (χ3n) is 3.33. The standard InChI is InChI=1S/C14H27N5O/c1-4-6-11-12(17-10-18-13(11)19-15)16-9-14(2,3)7-5-8-20/h10,20H,4-9,15H2,1-3H3,(H2,16,17,18,19). The molecular weight excluding hydrogens is 254 g/mol. The molecule has 0 atom stereocenters. The van der Waals surface area contributed by atoms with Gasteiger partial charge in [-0.1, -0.05) is 27.2 Å². The van der Waals surface area contributed by atoms with Gasteiger partial charge in [0.05, 0.1) is 0 Å². The molecule has 0 fully saturated rings. The number of nitrogens with zero attached hydrogens (tertiary/aromatic N) is 2. The lowest BCUT2D eigenvalue weighted by Crippen LogP contribution is -2.25. The van der Waals surface area contributed by atoms with E-state index in [0.717, 1.165) is 43.6 Å². The van der Waals surface area contributed by atoms with Crippen LogP contribution in [0.15, 0.2) is 6.33 Å². The minimum Gasteiger partial charge on any atom is -0.396 e. The molecule has 0 radical (unpaired) electrons. The molecule has 5 N–H and O–H groups in total. The van der Waals surface area contributed by atoms with Gasteiger partial charge in [-0.3, -0.25) is 0 Å². The average Bonchev–Trinajstić information content (AvgIpc) is 2.44. The van der Waals surface area contributed by atoms with Crippen molar-refractivity contribution in [1.82, 2.24) is 9.97 Å². The number of hydrogen-bond donors (Lipinski definition) is 4. The Balaban J connectivity index is 2.76. The van der Waals surface area contributed by atoms with Gasteiger partial charge >= 0.3 is 0 Å². The minimum absolute atomic E-state index is 0.105. The van der Waals surface area contributed by atoms with E-state index < -0.39 is 0 Å². The van der Waals surface area contributed by atoms with Crippen molar-refractivity contribution in [2.75, 3.05) is 23.9 Å². The van der Waals surface area contributed by atoms with Crippen LogP contribution in [0, 0.1) is 5.41 Å². The molecule has 1 rings (SSSR count). The molecule has 0 spiro atoms. The van der Waals surface area contributed by atoms with Crippen molar-refractivity contribution in [3.05, 3.63) is 11.9 Å². The molecule has 20 heavy (non-hydrogen) atoms. The molecule has 0 amide bonds. The van der Waals surface area contributed by atoms with Gasteiger partial charge in [0, 0.05) is 18.7 Å². The fraction of sp³-hybridized carbons (Fsp3) is 0.714. The van der Waals surface area contributed by atoms with Gasteiger partial charge in [0.2, 0.25) is 0 Å². The Bertz CT molecular complexity index is 409. The van der Waals surface area contributed by atoms with Gasteiger partial charge in [0.1, 0.15) is 18.0 Å². The molecule has 0 aromatic carbocycles. The van der Waals surface area contributed by atoms with E-state index in [1.165, 1.54) is 6.33 Å². The smallest absolute Gasteiger partial charge is 0.148 e. The summed E-state index contributed by atoms with van der Waals surface area (Å²) in [5, 5.41) is 12.3. The molecular formula is C14H27N5O. The molecule has 0 aliphatic heterocycles. The van der Waals surface area contributed by atoms with Crippen molar-refractivity contribution in [1.29, 1.82) is 0 Å². The van der Waals surface area contributed by atoms with Crippen LogP contribution in [-0.2, 0) is 6.42 Å². The first-order valence-electron chi connectivity index (χ1n) is 7.19. The van der Waals surface area contributed by atoms with E-state index in [-0.39, 0.29) is 12.0 Å². The molecule has 0 unspecified atom stereocenters. The zero-order valence-electron chi connectivity index (χ0n) is 12.7. The van der Waals surface area contributed by atoms with Gasteiger partial charge in [-0.05, 0) is 24.7 Å². The lowest BCUT2D eigenvalue weighted by Gasteiger charge is -2.25. The SMILES string of the molecule is CCCc1c(NN)ncnc1NCC(C)(C)CCCO. The van der Waals surface area contributed by atoms with E-state index in [4.69, 9.17) is 10.9 Å². The summed E-state index contributed by atoms with van der Waals surface area (Å²) in [5.41, 5.74) is 3.76. The molecule has 1 aromatic rings. The van der Waals surface area contributed by atoms with Crippen LogP contribution in [0.1, 0.15) is 45.6 Å². The number of rotatable bonds is 9. The van der Waals surface area contributed by atoms with Crippen molar-refractivity contribution in [2.24, 2.45) is 11.3 Å². The highest BCUT2D eigenvalue weighted by atomic mass is 16.2. The first-order valence-corrected chi connectivity index (χ1v) is 7.19. The summed E-state index contributed by atoms with van der Waals surface area (Å²) in [6.45, 7) is 7.50. The number of aliphatic hydroxyl groups is 1. The third-order valence-corrected chi connectivity index (χ3v) is 3.33. The number of aliphatic hydroxyl groups excluding tert-OH is 1. The Morgan fingerprint density at radius 1 is 1.30 bits per heavy atom. The highest BCUT2D eigenvalue weighted by Crippen LogP contribution is 2.25. The number of nitrogens with two attached hydrogens (primary N) is 1. The summed E-state index contributed by atoms with van der Waals surface area (Å²) in [7, 11) is 0. The summed E-state index contributed by atoms with van der Waals surface area (Å²) < 4.78 is 0. The van der Waals surface area contributed by atoms with E-state index >= 15 is 0 Å². The van der Waals surface area contributed by atoms with Crippen molar-refractivity contribution in [3.8, 4) is 0 Å². The Morgan fingerprint density at radius 2 is 2.00 bits per heavy atom. The predicted molar refractivity (Wildman–Crippen MR) is 82.4 cm³/mol. The van der Waals surface area contributed by atoms with Crippen molar-refractivity contribution >= 4 is 11.6 Å². The topological polar surface area (TPSA) is 96.1 Å². The monoisotopic (exact) mass is 281 g/mol. The lowest BCUT2D eigenvalue weighted by atomic mass is 9.88. The number of anilines is 2. The molecule has 6 heteroatoms. The molecule has 0 aliphatic rings. The maximum atomic E-state index is 8.93. The molecule has 114 valence electrons.